The lowest BCUT2D eigenvalue weighted by atomic mass is 9.85. The molecule has 1 amide bonds. The van der Waals surface area contributed by atoms with E-state index in [9.17, 15) is 9.59 Å². The molecule has 146 valence electrons. The molecule has 1 aliphatic rings. The van der Waals surface area contributed by atoms with Gasteiger partial charge in [-0.25, -0.2) is 4.79 Å². The topological polar surface area (TPSA) is 81.4 Å². The molecule has 3 rings (SSSR count). The van der Waals surface area contributed by atoms with Crippen molar-refractivity contribution in [1.82, 2.24) is 5.16 Å². The van der Waals surface area contributed by atoms with Crippen molar-refractivity contribution in [3.8, 4) is 0 Å². The molecular weight excluding hydrogens is 364 g/mol. The van der Waals surface area contributed by atoms with E-state index in [0.717, 1.165) is 31.2 Å². The second-order valence-electron chi connectivity index (χ2n) is 7.33. The van der Waals surface area contributed by atoms with Crippen LogP contribution in [0.4, 0.5) is 5.00 Å². The first-order valence-corrected chi connectivity index (χ1v) is 10.2. The number of carbonyl (C=O) groups excluding carboxylic acids is 2. The van der Waals surface area contributed by atoms with Gasteiger partial charge in [0.1, 0.15) is 16.3 Å². The summed E-state index contributed by atoms with van der Waals surface area (Å²) in [5.41, 5.74) is 2.49. The van der Waals surface area contributed by atoms with Gasteiger partial charge in [0, 0.05) is 4.88 Å². The van der Waals surface area contributed by atoms with Crippen LogP contribution in [0.2, 0.25) is 0 Å². The number of hydrogen-bond acceptors (Lipinski definition) is 6. The number of hydrogen-bond donors (Lipinski definition) is 1. The Kier molecular flexibility index (Phi) is 5.69. The standard InChI is InChI=1S/C20H26N2O4S/c1-6-13-7-8-14-15(9-13)27-19(17(14)20(24)25-10(2)3)21-18(23)16-11(4)22-26-12(16)5/h10,13H,6-9H2,1-5H3,(H,21,23)/t13-/m1/s1. The summed E-state index contributed by atoms with van der Waals surface area (Å²) < 4.78 is 10.6. The number of nitrogens with zero attached hydrogens (tertiary/aromatic N) is 1. The maximum atomic E-state index is 12.8. The van der Waals surface area contributed by atoms with Crippen LogP contribution in [0.1, 0.15) is 76.2 Å². The summed E-state index contributed by atoms with van der Waals surface area (Å²) in [6.45, 7) is 9.27. The second kappa shape index (κ2) is 7.84. The molecule has 2 aromatic rings. The van der Waals surface area contributed by atoms with E-state index in [1.54, 1.807) is 13.8 Å². The van der Waals surface area contributed by atoms with Crippen molar-refractivity contribution in [3.63, 3.8) is 0 Å². The third-order valence-corrected chi connectivity index (χ3v) is 6.15. The first kappa shape index (κ1) is 19.6. The van der Waals surface area contributed by atoms with Crippen LogP contribution >= 0.6 is 11.3 Å². The molecule has 6 nitrogen and oxygen atoms in total. The molecular formula is C20H26N2O4S. The normalized spacial score (nSPS) is 16.3. The first-order chi connectivity index (χ1) is 12.8. The number of amides is 1. The largest absolute Gasteiger partial charge is 0.459 e. The number of fused-ring (bicyclic) bond motifs is 1. The zero-order chi connectivity index (χ0) is 19.7. The van der Waals surface area contributed by atoms with Gasteiger partial charge in [-0.05, 0) is 58.4 Å². The van der Waals surface area contributed by atoms with Crippen LogP contribution in [0.25, 0.3) is 0 Å². The highest BCUT2D eigenvalue weighted by Crippen LogP contribution is 2.41. The maximum Gasteiger partial charge on any atom is 0.341 e. The summed E-state index contributed by atoms with van der Waals surface area (Å²) in [4.78, 5) is 26.7. The maximum absolute atomic E-state index is 12.8. The Morgan fingerprint density at radius 3 is 2.67 bits per heavy atom. The lowest BCUT2D eigenvalue weighted by Crippen LogP contribution is -2.19. The highest BCUT2D eigenvalue weighted by atomic mass is 32.1. The molecule has 27 heavy (non-hydrogen) atoms. The molecule has 1 aliphatic carbocycles. The smallest absolute Gasteiger partial charge is 0.341 e. The molecule has 0 spiro atoms. The Balaban J connectivity index is 1.97. The fourth-order valence-corrected chi connectivity index (χ4v) is 4.90. The van der Waals surface area contributed by atoms with E-state index in [1.807, 2.05) is 13.8 Å². The molecule has 0 unspecified atom stereocenters. The number of anilines is 1. The van der Waals surface area contributed by atoms with Gasteiger partial charge in [-0.3, -0.25) is 4.79 Å². The van der Waals surface area contributed by atoms with Crippen molar-refractivity contribution in [2.75, 3.05) is 5.32 Å². The quantitative estimate of drug-likeness (QED) is 0.749. The van der Waals surface area contributed by atoms with E-state index in [2.05, 4.69) is 17.4 Å². The predicted molar refractivity (Wildman–Crippen MR) is 105 cm³/mol. The highest BCUT2D eigenvalue weighted by Gasteiger charge is 2.31. The Bertz CT molecular complexity index is 846. The molecule has 0 saturated heterocycles. The number of nitrogens with one attached hydrogen (secondary N) is 1. The fourth-order valence-electron chi connectivity index (χ4n) is 3.55. The van der Waals surface area contributed by atoms with Crippen LogP contribution in [0.3, 0.4) is 0 Å². The summed E-state index contributed by atoms with van der Waals surface area (Å²) in [6, 6.07) is 0. The first-order valence-electron chi connectivity index (χ1n) is 9.41. The zero-order valence-electron chi connectivity index (χ0n) is 16.5. The Labute approximate surface area is 163 Å². The van der Waals surface area contributed by atoms with Crippen molar-refractivity contribution >= 4 is 28.2 Å². The highest BCUT2D eigenvalue weighted by molar-refractivity contribution is 7.17. The van der Waals surface area contributed by atoms with Gasteiger partial charge >= 0.3 is 5.97 Å². The molecule has 7 heteroatoms. The van der Waals surface area contributed by atoms with Crippen LogP contribution in [-0.2, 0) is 17.6 Å². The zero-order valence-corrected chi connectivity index (χ0v) is 17.3. The molecule has 0 bridgehead atoms. The molecule has 0 radical (unpaired) electrons. The van der Waals surface area contributed by atoms with Crippen LogP contribution in [-0.4, -0.2) is 23.1 Å². The molecule has 0 aliphatic heterocycles. The lowest BCUT2D eigenvalue weighted by Gasteiger charge is -2.21. The van der Waals surface area contributed by atoms with Gasteiger partial charge in [0.15, 0.2) is 0 Å². The summed E-state index contributed by atoms with van der Waals surface area (Å²) in [5, 5.41) is 7.32. The lowest BCUT2D eigenvalue weighted by molar-refractivity contribution is 0.0378. The average molecular weight is 391 g/mol. The summed E-state index contributed by atoms with van der Waals surface area (Å²) in [5.74, 6) is 0.405. The Morgan fingerprint density at radius 1 is 1.33 bits per heavy atom. The number of carbonyl (C=O) groups is 2. The SMILES string of the molecule is CC[C@@H]1CCc2c(sc(NC(=O)c3c(C)noc3C)c2C(=O)OC(C)C)C1. The van der Waals surface area contributed by atoms with Crippen LogP contribution in [0.5, 0.6) is 0 Å². The van der Waals surface area contributed by atoms with Gasteiger partial charge < -0.3 is 14.6 Å². The second-order valence-corrected chi connectivity index (χ2v) is 8.44. The minimum absolute atomic E-state index is 0.217. The van der Waals surface area contributed by atoms with Crippen molar-refractivity contribution in [3.05, 3.63) is 33.0 Å². The van der Waals surface area contributed by atoms with Crippen LogP contribution in [0, 0.1) is 19.8 Å². The van der Waals surface area contributed by atoms with E-state index in [0.29, 0.717) is 33.5 Å². The Morgan fingerprint density at radius 2 is 2.07 bits per heavy atom. The molecule has 0 aromatic carbocycles. The molecule has 1 atom stereocenters. The van der Waals surface area contributed by atoms with Gasteiger partial charge in [0.25, 0.3) is 5.91 Å². The van der Waals surface area contributed by atoms with E-state index in [4.69, 9.17) is 9.26 Å². The molecule has 0 saturated carbocycles. The van der Waals surface area contributed by atoms with Crippen molar-refractivity contribution in [2.24, 2.45) is 5.92 Å². The Hall–Kier alpha value is -2.15. The predicted octanol–water partition coefficient (Wildman–Crippen LogP) is 4.69. The van der Waals surface area contributed by atoms with Crippen molar-refractivity contribution < 1.29 is 18.8 Å². The third-order valence-electron chi connectivity index (χ3n) is 4.98. The van der Waals surface area contributed by atoms with Gasteiger partial charge in [0.2, 0.25) is 0 Å². The summed E-state index contributed by atoms with van der Waals surface area (Å²) in [7, 11) is 0. The number of thiophene rings is 1. The summed E-state index contributed by atoms with van der Waals surface area (Å²) >= 11 is 1.49. The summed E-state index contributed by atoms with van der Waals surface area (Å²) in [6.07, 6.45) is 3.74. The third kappa shape index (κ3) is 3.93. The van der Waals surface area contributed by atoms with E-state index in [1.165, 1.54) is 16.2 Å². The minimum Gasteiger partial charge on any atom is -0.459 e. The van der Waals surface area contributed by atoms with E-state index < -0.39 is 0 Å². The average Bonchev–Trinajstić information content (AvgIpc) is 3.12. The van der Waals surface area contributed by atoms with E-state index in [-0.39, 0.29) is 18.0 Å². The fraction of sp³-hybridized carbons (Fsp3) is 0.550. The van der Waals surface area contributed by atoms with Crippen LogP contribution < -0.4 is 5.32 Å². The number of esters is 1. The number of ether oxygens (including phenoxy) is 1. The molecule has 2 aromatic heterocycles. The monoisotopic (exact) mass is 390 g/mol. The van der Waals surface area contributed by atoms with Crippen LogP contribution in [0.15, 0.2) is 4.52 Å². The minimum atomic E-state index is -0.369. The molecule has 0 fully saturated rings. The van der Waals surface area contributed by atoms with E-state index >= 15 is 0 Å². The van der Waals surface area contributed by atoms with Gasteiger partial charge in [-0.1, -0.05) is 18.5 Å². The van der Waals surface area contributed by atoms with Crippen molar-refractivity contribution in [1.29, 1.82) is 0 Å². The molecule has 2 heterocycles. The van der Waals surface area contributed by atoms with Gasteiger partial charge in [0.05, 0.1) is 17.4 Å². The number of rotatable bonds is 5. The molecule has 1 N–H and O–H groups in total. The van der Waals surface area contributed by atoms with Crippen molar-refractivity contribution in [2.45, 2.75) is 66.4 Å². The number of aromatic nitrogens is 1. The van der Waals surface area contributed by atoms with Gasteiger partial charge in [-0.15, -0.1) is 11.3 Å². The number of aryl methyl sites for hydroxylation is 2. The van der Waals surface area contributed by atoms with Gasteiger partial charge in [-0.2, -0.15) is 0 Å².